The van der Waals surface area contributed by atoms with Gasteiger partial charge in [-0.3, -0.25) is 4.79 Å². The first-order chi connectivity index (χ1) is 15.0. The molecule has 0 aliphatic heterocycles. The number of methoxy groups -OCH3 is 1. The summed E-state index contributed by atoms with van der Waals surface area (Å²) >= 11 is 6.09. The fraction of sp³-hybridized carbons (Fsp3) is 0.115. The van der Waals surface area contributed by atoms with Crippen molar-refractivity contribution in [3.05, 3.63) is 101 Å². The number of anilines is 1. The van der Waals surface area contributed by atoms with E-state index in [-0.39, 0.29) is 5.91 Å². The third kappa shape index (κ3) is 4.35. The van der Waals surface area contributed by atoms with E-state index in [2.05, 4.69) is 9.88 Å². The van der Waals surface area contributed by atoms with Crippen LogP contribution >= 0.6 is 11.6 Å². The number of hydrogen-bond donors (Lipinski definition) is 1. The largest absolute Gasteiger partial charge is 0.497 e. The number of aryl methyl sites for hydroxylation is 1. The number of halogens is 1. The van der Waals surface area contributed by atoms with Crippen LogP contribution in [0.15, 0.2) is 78.9 Å². The highest BCUT2D eigenvalue weighted by atomic mass is 35.5. The molecular weight excluding hydrogens is 408 g/mol. The van der Waals surface area contributed by atoms with Crippen molar-refractivity contribution in [2.45, 2.75) is 13.8 Å². The maximum absolute atomic E-state index is 13.1. The Balaban J connectivity index is 1.80. The van der Waals surface area contributed by atoms with E-state index in [1.54, 1.807) is 7.11 Å². The van der Waals surface area contributed by atoms with Gasteiger partial charge in [0, 0.05) is 22.1 Å². The molecule has 0 atom stereocenters. The zero-order chi connectivity index (χ0) is 22.0. The second kappa shape index (κ2) is 8.70. The molecule has 0 saturated heterocycles. The van der Waals surface area contributed by atoms with Gasteiger partial charge in [0.05, 0.1) is 18.4 Å². The molecule has 0 aliphatic carbocycles. The van der Waals surface area contributed by atoms with Crippen LogP contribution in [0.1, 0.15) is 21.6 Å². The lowest BCUT2D eigenvalue weighted by atomic mass is 10.1. The molecule has 1 aromatic heterocycles. The molecule has 156 valence electrons. The average Bonchev–Trinajstić information content (AvgIpc) is 3.13. The molecule has 1 heterocycles. The Morgan fingerprint density at radius 3 is 2.16 bits per heavy atom. The van der Waals surface area contributed by atoms with Gasteiger partial charge in [-0.1, -0.05) is 41.4 Å². The quantitative estimate of drug-likeness (QED) is 0.384. The van der Waals surface area contributed by atoms with Crippen molar-refractivity contribution in [2.75, 3.05) is 12.4 Å². The number of nitrogens with one attached hydrogen (secondary N) is 1. The molecule has 3 aromatic carbocycles. The van der Waals surface area contributed by atoms with Gasteiger partial charge in [0.2, 0.25) is 0 Å². The third-order valence-corrected chi connectivity index (χ3v) is 5.52. The second-order valence-corrected chi connectivity index (χ2v) is 7.83. The Kier molecular flexibility index (Phi) is 5.83. The summed E-state index contributed by atoms with van der Waals surface area (Å²) < 4.78 is 7.37. The number of ether oxygens (including phenoxy) is 1. The van der Waals surface area contributed by atoms with Crippen LogP contribution in [0, 0.1) is 13.8 Å². The van der Waals surface area contributed by atoms with Crippen molar-refractivity contribution in [3.63, 3.8) is 0 Å². The van der Waals surface area contributed by atoms with Crippen molar-refractivity contribution >= 4 is 23.2 Å². The number of nitrogens with zero attached hydrogens (tertiary/aromatic N) is 1. The molecule has 4 rings (SSSR count). The van der Waals surface area contributed by atoms with Crippen LogP contribution in [-0.4, -0.2) is 17.6 Å². The van der Waals surface area contributed by atoms with Gasteiger partial charge in [0.25, 0.3) is 5.91 Å². The van der Waals surface area contributed by atoms with Gasteiger partial charge < -0.3 is 14.6 Å². The molecule has 0 radical (unpaired) electrons. The molecule has 1 N–H and O–H groups in total. The molecule has 4 aromatic rings. The van der Waals surface area contributed by atoms with Gasteiger partial charge in [0.1, 0.15) is 5.75 Å². The molecule has 1 amide bonds. The van der Waals surface area contributed by atoms with E-state index in [1.165, 1.54) is 0 Å². The van der Waals surface area contributed by atoms with Gasteiger partial charge in [-0.2, -0.15) is 0 Å². The van der Waals surface area contributed by atoms with Gasteiger partial charge in [0.15, 0.2) is 0 Å². The molecule has 0 spiro atoms. The lowest BCUT2D eigenvalue weighted by Gasteiger charge is -2.13. The third-order valence-electron chi connectivity index (χ3n) is 5.27. The van der Waals surface area contributed by atoms with Crippen LogP contribution in [0.2, 0.25) is 5.02 Å². The Morgan fingerprint density at radius 1 is 0.903 bits per heavy atom. The summed E-state index contributed by atoms with van der Waals surface area (Å²) in [5, 5.41) is 3.67. The summed E-state index contributed by atoms with van der Waals surface area (Å²) in [6, 6.07) is 25.1. The predicted octanol–water partition coefficient (Wildman–Crippen LogP) is 6.68. The van der Waals surface area contributed by atoms with E-state index >= 15 is 0 Å². The summed E-state index contributed by atoms with van der Waals surface area (Å²) in [7, 11) is 1.64. The maximum Gasteiger partial charge on any atom is 0.257 e. The number of amides is 1. The van der Waals surface area contributed by atoms with Crippen molar-refractivity contribution in [3.8, 4) is 22.7 Å². The smallest absolute Gasteiger partial charge is 0.257 e. The van der Waals surface area contributed by atoms with Crippen molar-refractivity contribution in [1.29, 1.82) is 0 Å². The topological polar surface area (TPSA) is 43.3 Å². The fourth-order valence-electron chi connectivity index (χ4n) is 3.57. The maximum atomic E-state index is 13.1. The zero-order valence-electron chi connectivity index (χ0n) is 17.6. The van der Waals surface area contributed by atoms with Crippen LogP contribution in [0.4, 0.5) is 5.69 Å². The molecule has 0 fully saturated rings. The Labute approximate surface area is 187 Å². The molecule has 4 nitrogen and oxygen atoms in total. The molecule has 0 unspecified atom stereocenters. The predicted molar refractivity (Wildman–Crippen MR) is 127 cm³/mol. The number of aromatic nitrogens is 1. The van der Waals surface area contributed by atoms with Crippen LogP contribution in [0.5, 0.6) is 5.75 Å². The minimum atomic E-state index is -0.149. The van der Waals surface area contributed by atoms with Crippen molar-refractivity contribution < 1.29 is 9.53 Å². The summed E-state index contributed by atoms with van der Waals surface area (Å²) in [6.07, 6.45) is 0. The average molecular weight is 431 g/mol. The molecule has 0 bridgehead atoms. The first-order valence-corrected chi connectivity index (χ1v) is 10.3. The minimum Gasteiger partial charge on any atom is -0.497 e. The Hall–Kier alpha value is -3.50. The fourth-order valence-corrected chi connectivity index (χ4v) is 3.70. The minimum absolute atomic E-state index is 0.149. The normalized spacial score (nSPS) is 10.7. The second-order valence-electron chi connectivity index (χ2n) is 7.39. The summed E-state index contributed by atoms with van der Waals surface area (Å²) in [5.74, 6) is 0.628. The van der Waals surface area contributed by atoms with Gasteiger partial charge in [-0.15, -0.1) is 0 Å². The highest BCUT2D eigenvalue weighted by Gasteiger charge is 2.20. The van der Waals surface area contributed by atoms with Crippen molar-refractivity contribution in [1.82, 2.24) is 4.57 Å². The standard InChI is InChI=1S/C26H23ClN2O2/c1-17-4-10-21(11-5-17)28-26(30)24-16-25(19-6-8-20(27)9-7-19)29(18(24)2)22-12-14-23(31-3)15-13-22/h4-16H,1-3H3,(H,28,30). The van der Waals surface area contributed by atoms with E-state index in [4.69, 9.17) is 16.3 Å². The van der Waals surface area contributed by atoms with Crippen LogP contribution in [0.25, 0.3) is 16.9 Å². The number of rotatable bonds is 5. The zero-order valence-corrected chi connectivity index (χ0v) is 18.4. The first-order valence-electron chi connectivity index (χ1n) is 9.97. The highest BCUT2D eigenvalue weighted by molar-refractivity contribution is 6.30. The van der Waals surface area contributed by atoms with E-state index in [1.807, 2.05) is 92.7 Å². The van der Waals surface area contributed by atoms with Gasteiger partial charge in [-0.05, 0) is 74.0 Å². The highest BCUT2D eigenvalue weighted by Crippen LogP contribution is 2.31. The summed E-state index contributed by atoms with van der Waals surface area (Å²) in [5.41, 5.74) is 6.19. The van der Waals surface area contributed by atoms with Crippen LogP contribution in [-0.2, 0) is 0 Å². The number of benzene rings is 3. The van der Waals surface area contributed by atoms with E-state index in [0.717, 1.165) is 39.6 Å². The van der Waals surface area contributed by atoms with Gasteiger partial charge >= 0.3 is 0 Å². The SMILES string of the molecule is COc1ccc(-n2c(-c3ccc(Cl)cc3)cc(C(=O)Nc3ccc(C)cc3)c2C)cc1. The van der Waals surface area contributed by atoms with Crippen molar-refractivity contribution in [2.24, 2.45) is 0 Å². The van der Waals surface area contributed by atoms with E-state index < -0.39 is 0 Å². The molecule has 0 aliphatic rings. The first kappa shape index (κ1) is 20.8. The number of hydrogen-bond acceptors (Lipinski definition) is 2. The molecule has 0 saturated carbocycles. The lowest BCUT2D eigenvalue weighted by Crippen LogP contribution is -2.13. The summed E-state index contributed by atoms with van der Waals surface area (Å²) in [6.45, 7) is 3.97. The van der Waals surface area contributed by atoms with Crippen LogP contribution in [0.3, 0.4) is 0 Å². The summed E-state index contributed by atoms with van der Waals surface area (Å²) in [4.78, 5) is 13.1. The van der Waals surface area contributed by atoms with Crippen LogP contribution < -0.4 is 10.1 Å². The number of carbonyl (C=O) groups is 1. The van der Waals surface area contributed by atoms with Gasteiger partial charge in [-0.25, -0.2) is 0 Å². The van der Waals surface area contributed by atoms with E-state index in [0.29, 0.717) is 10.6 Å². The van der Waals surface area contributed by atoms with E-state index in [9.17, 15) is 4.79 Å². The Bertz CT molecular complexity index is 1210. The lowest BCUT2D eigenvalue weighted by molar-refractivity contribution is 0.102. The molecular formula is C26H23ClN2O2. The number of carbonyl (C=O) groups excluding carboxylic acids is 1. The monoisotopic (exact) mass is 430 g/mol. The molecule has 5 heteroatoms. The molecule has 31 heavy (non-hydrogen) atoms. The Morgan fingerprint density at radius 2 is 1.55 bits per heavy atom.